The van der Waals surface area contributed by atoms with Crippen LogP contribution in [0, 0.1) is 11.8 Å². The Bertz CT molecular complexity index is 236. The Balaban J connectivity index is 1.62. The van der Waals surface area contributed by atoms with Gasteiger partial charge in [-0.1, -0.05) is 64.7 Å². The average molecular weight is 280 g/mol. The summed E-state index contributed by atoms with van der Waals surface area (Å²) < 4.78 is 6.36. The number of rotatable bonds is 7. The van der Waals surface area contributed by atoms with Gasteiger partial charge in [-0.15, -0.1) is 0 Å². The predicted molar refractivity (Wildman–Crippen MR) is 87.0 cm³/mol. The standard InChI is InChI=1S/C19H36O/c1-3-4-6-9-17-12-14-18(15-13-17)16(2)20-19-10-7-5-8-11-19/h16-19H,3-15H2,1-2H3/t16?,17-,18-. The van der Waals surface area contributed by atoms with Gasteiger partial charge < -0.3 is 4.74 Å². The first kappa shape index (κ1) is 16.3. The van der Waals surface area contributed by atoms with E-state index in [-0.39, 0.29) is 0 Å². The van der Waals surface area contributed by atoms with Crippen LogP contribution >= 0.6 is 0 Å². The summed E-state index contributed by atoms with van der Waals surface area (Å²) in [6, 6.07) is 0. The fraction of sp³-hybridized carbons (Fsp3) is 1.00. The molecule has 0 aromatic heterocycles. The van der Waals surface area contributed by atoms with E-state index in [0.717, 1.165) is 11.8 Å². The smallest absolute Gasteiger partial charge is 0.0578 e. The van der Waals surface area contributed by atoms with Crippen molar-refractivity contribution in [2.75, 3.05) is 0 Å². The van der Waals surface area contributed by atoms with Crippen LogP contribution in [0.15, 0.2) is 0 Å². The highest BCUT2D eigenvalue weighted by Gasteiger charge is 2.27. The monoisotopic (exact) mass is 280 g/mol. The van der Waals surface area contributed by atoms with Crippen LogP contribution in [0.1, 0.15) is 97.3 Å². The molecule has 0 radical (unpaired) electrons. The van der Waals surface area contributed by atoms with Crippen LogP contribution in [0.3, 0.4) is 0 Å². The molecule has 0 aromatic rings. The lowest BCUT2D eigenvalue weighted by molar-refractivity contribution is -0.0574. The van der Waals surface area contributed by atoms with E-state index in [9.17, 15) is 0 Å². The van der Waals surface area contributed by atoms with E-state index in [0.29, 0.717) is 12.2 Å². The molecular formula is C19H36O. The molecule has 0 aromatic carbocycles. The van der Waals surface area contributed by atoms with Crippen molar-refractivity contribution in [3.63, 3.8) is 0 Å². The maximum absolute atomic E-state index is 6.36. The predicted octanol–water partition coefficient (Wildman–Crippen LogP) is 6.11. The van der Waals surface area contributed by atoms with Crippen LogP contribution in [-0.2, 0) is 4.74 Å². The molecule has 0 spiro atoms. The first-order chi connectivity index (χ1) is 9.79. The molecule has 118 valence electrons. The van der Waals surface area contributed by atoms with Crippen molar-refractivity contribution in [1.29, 1.82) is 0 Å². The van der Waals surface area contributed by atoms with Crippen molar-refractivity contribution in [1.82, 2.24) is 0 Å². The molecule has 0 N–H and O–H groups in total. The number of hydrogen-bond acceptors (Lipinski definition) is 1. The summed E-state index contributed by atoms with van der Waals surface area (Å²) in [4.78, 5) is 0. The van der Waals surface area contributed by atoms with Gasteiger partial charge in [0.15, 0.2) is 0 Å². The molecule has 20 heavy (non-hydrogen) atoms. The molecule has 0 heterocycles. The summed E-state index contributed by atoms with van der Waals surface area (Å²) in [5.41, 5.74) is 0. The van der Waals surface area contributed by atoms with Crippen LogP contribution < -0.4 is 0 Å². The van der Waals surface area contributed by atoms with Crippen LogP contribution in [0.25, 0.3) is 0 Å². The summed E-state index contributed by atoms with van der Waals surface area (Å²) in [6.07, 6.45) is 19.4. The molecule has 0 saturated heterocycles. The zero-order chi connectivity index (χ0) is 14.2. The zero-order valence-electron chi connectivity index (χ0n) is 13.9. The third kappa shape index (κ3) is 5.39. The molecule has 1 unspecified atom stereocenters. The molecule has 1 nitrogen and oxygen atoms in total. The maximum Gasteiger partial charge on any atom is 0.0578 e. The lowest BCUT2D eigenvalue weighted by atomic mass is 9.78. The molecule has 0 bridgehead atoms. The highest BCUT2D eigenvalue weighted by Crippen LogP contribution is 2.35. The van der Waals surface area contributed by atoms with Gasteiger partial charge in [0.05, 0.1) is 12.2 Å². The molecule has 2 aliphatic carbocycles. The minimum absolute atomic E-state index is 0.509. The Morgan fingerprint density at radius 3 is 2.25 bits per heavy atom. The summed E-state index contributed by atoms with van der Waals surface area (Å²) in [7, 11) is 0. The van der Waals surface area contributed by atoms with E-state index >= 15 is 0 Å². The highest BCUT2D eigenvalue weighted by atomic mass is 16.5. The van der Waals surface area contributed by atoms with Crippen molar-refractivity contribution in [3.05, 3.63) is 0 Å². The van der Waals surface area contributed by atoms with Crippen molar-refractivity contribution >= 4 is 0 Å². The minimum Gasteiger partial charge on any atom is -0.375 e. The average Bonchev–Trinajstić information content (AvgIpc) is 2.49. The summed E-state index contributed by atoms with van der Waals surface area (Å²) in [6.45, 7) is 4.65. The SMILES string of the molecule is CCCCC[C@H]1CC[C@H](C(C)OC2CCCCC2)CC1. The Morgan fingerprint density at radius 2 is 1.60 bits per heavy atom. The summed E-state index contributed by atoms with van der Waals surface area (Å²) in [5.74, 6) is 1.87. The van der Waals surface area contributed by atoms with Gasteiger partial charge in [0.1, 0.15) is 0 Å². The topological polar surface area (TPSA) is 9.23 Å². The van der Waals surface area contributed by atoms with Gasteiger partial charge in [-0.2, -0.15) is 0 Å². The molecule has 2 rings (SSSR count). The van der Waals surface area contributed by atoms with Gasteiger partial charge >= 0.3 is 0 Å². The van der Waals surface area contributed by atoms with E-state index in [1.165, 1.54) is 83.5 Å². The van der Waals surface area contributed by atoms with Gasteiger partial charge in [0.25, 0.3) is 0 Å². The van der Waals surface area contributed by atoms with E-state index in [1.54, 1.807) is 0 Å². The summed E-state index contributed by atoms with van der Waals surface area (Å²) in [5, 5.41) is 0. The van der Waals surface area contributed by atoms with E-state index in [1.807, 2.05) is 0 Å². The van der Waals surface area contributed by atoms with E-state index in [4.69, 9.17) is 4.74 Å². The zero-order valence-corrected chi connectivity index (χ0v) is 13.9. The largest absolute Gasteiger partial charge is 0.375 e. The molecule has 1 atom stereocenters. The van der Waals surface area contributed by atoms with Crippen molar-refractivity contribution in [3.8, 4) is 0 Å². The molecule has 2 saturated carbocycles. The second-order valence-corrected chi connectivity index (χ2v) is 7.38. The molecule has 2 fully saturated rings. The first-order valence-corrected chi connectivity index (χ1v) is 9.45. The van der Waals surface area contributed by atoms with E-state index in [2.05, 4.69) is 13.8 Å². The number of ether oxygens (including phenoxy) is 1. The Labute approximate surface area is 126 Å². The molecule has 0 aliphatic heterocycles. The van der Waals surface area contributed by atoms with Crippen LogP contribution in [0.4, 0.5) is 0 Å². The van der Waals surface area contributed by atoms with Crippen molar-refractivity contribution < 1.29 is 4.74 Å². The van der Waals surface area contributed by atoms with Crippen molar-refractivity contribution in [2.24, 2.45) is 11.8 Å². The van der Waals surface area contributed by atoms with E-state index < -0.39 is 0 Å². The highest BCUT2D eigenvalue weighted by molar-refractivity contribution is 4.78. The normalized spacial score (nSPS) is 30.3. The molecular weight excluding hydrogens is 244 g/mol. The fourth-order valence-electron chi connectivity index (χ4n) is 4.25. The Kier molecular flexibility index (Phi) is 7.41. The second kappa shape index (κ2) is 9.07. The lowest BCUT2D eigenvalue weighted by Gasteiger charge is -2.35. The van der Waals surface area contributed by atoms with Gasteiger partial charge in [0.2, 0.25) is 0 Å². The Morgan fingerprint density at radius 1 is 0.900 bits per heavy atom. The van der Waals surface area contributed by atoms with Crippen LogP contribution in [-0.4, -0.2) is 12.2 Å². The molecule has 2 aliphatic rings. The lowest BCUT2D eigenvalue weighted by Crippen LogP contribution is -2.30. The fourth-order valence-corrected chi connectivity index (χ4v) is 4.25. The maximum atomic E-state index is 6.36. The van der Waals surface area contributed by atoms with Gasteiger partial charge in [-0.3, -0.25) is 0 Å². The Hall–Kier alpha value is -0.0400. The quantitative estimate of drug-likeness (QED) is 0.511. The minimum atomic E-state index is 0.509. The molecule has 0 amide bonds. The van der Waals surface area contributed by atoms with Crippen LogP contribution in [0.2, 0.25) is 0 Å². The number of hydrogen-bond donors (Lipinski definition) is 0. The van der Waals surface area contributed by atoms with Gasteiger partial charge in [-0.05, 0) is 44.4 Å². The van der Waals surface area contributed by atoms with Gasteiger partial charge in [0, 0.05) is 0 Å². The third-order valence-electron chi connectivity index (χ3n) is 5.73. The van der Waals surface area contributed by atoms with Crippen molar-refractivity contribution in [2.45, 2.75) is 110 Å². The first-order valence-electron chi connectivity index (χ1n) is 9.45. The number of unbranched alkanes of at least 4 members (excludes halogenated alkanes) is 2. The van der Waals surface area contributed by atoms with Crippen LogP contribution in [0.5, 0.6) is 0 Å². The summed E-state index contributed by atoms with van der Waals surface area (Å²) >= 11 is 0. The van der Waals surface area contributed by atoms with Gasteiger partial charge in [-0.25, -0.2) is 0 Å². The second-order valence-electron chi connectivity index (χ2n) is 7.38. The molecule has 1 heteroatoms. The third-order valence-corrected chi connectivity index (χ3v) is 5.73.